The maximum Gasteiger partial charge on any atom is 0.241 e. The summed E-state index contributed by atoms with van der Waals surface area (Å²) in [5.74, 6) is -0.467. The highest BCUT2D eigenvalue weighted by molar-refractivity contribution is 9.10. The average Bonchev–Trinajstić information content (AvgIpc) is 2.35. The van der Waals surface area contributed by atoms with E-state index in [0.29, 0.717) is 10.2 Å². The highest BCUT2D eigenvalue weighted by Crippen LogP contribution is 2.19. The van der Waals surface area contributed by atoms with Crippen molar-refractivity contribution in [2.75, 3.05) is 11.9 Å². The number of anilines is 1. The molecule has 1 aromatic carbocycles. The lowest BCUT2D eigenvalue weighted by atomic mass is 10.0. The monoisotopic (exact) mass is 336 g/mol. The van der Waals surface area contributed by atoms with Gasteiger partial charge in [-0.25, -0.2) is 4.39 Å². The summed E-state index contributed by atoms with van der Waals surface area (Å²) in [6.45, 7) is 0.868. The van der Waals surface area contributed by atoms with E-state index in [1.54, 1.807) is 12.1 Å². The summed E-state index contributed by atoms with van der Waals surface area (Å²) >= 11 is 3.07. The maximum absolute atomic E-state index is 13.3. The quantitative estimate of drug-likeness (QED) is 0.871. The molecule has 18 heavy (non-hydrogen) atoms. The predicted octanol–water partition coefficient (Wildman–Crippen LogP) is 3.09. The lowest BCUT2D eigenvalue weighted by molar-refractivity contribution is -0.118. The zero-order chi connectivity index (χ0) is 12.3. The summed E-state index contributed by atoms with van der Waals surface area (Å²) in [5.41, 5.74) is 0.489. The van der Waals surface area contributed by atoms with Crippen LogP contribution in [0.3, 0.4) is 0 Å². The first-order valence-corrected chi connectivity index (χ1v) is 6.45. The van der Waals surface area contributed by atoms with Crippen LogP contribution in [-0.2, 0) is 4.79 Å². The molecule has 3 nitrogen and oxygen atoms in total. The Kier molecular flexibility index (Phi) is 6.05. The Labute approximate surface area is 120 Å². The number of amides is 1. The van der Waals surface area contributed by atoms with Gasteiger partial charge in [-0.15, -0.1) is 12.4 Å². The minimum Gasteiger partial charge on any atom is -0.325 e. The molecular formula is C12H15BrClFN2O. The molecule has 1 aromatic rings. The van der Waals surface area contributed by atoms with Crippen molar-refractivity contribution in [1.29, 1.82) is 0 Å². The van der Waals surface area contributed by atoms with E-state index in [4.69, 9.17) is 0 Å². The van der Waals surface area contributed by atoms with Crippen LogP contribution in [-0.4, -0.2) is 18.5 Å². The second kappa shape index (κ2) is 7.07. The number of piperidine rings is 1. The van der Waals surface area contributed by atoms with Crippen LogP contribution >= 0.6 is 28.3 Å². The number of benzene rings is 1. The van der Waals surface area contributed by atoms with E-state index in [9.17, 15) is 9.18 Å². The highest BCUT2D eigenvalue weighted by atomic mass is 79.9. The largest absolute Gasteiger partial charge is 0.325 e. The lowest BCUT2D eigenvalue weighted by Crippen LogP contribution is -2.43. The fourth-order valence-corrected chi connectivity index (χ4v) is 2.13. The van der Waals surface area contributed by atoms with E-state index in [-0.39, 0.29) is 30.2 Å². The summed E-state index contributed by atoms with van der Waals surface area (Å²) in [4.78, 5) is 11.9. The van der Waals surface area contributed by atoms with Gasteiger partial charge in [-0.1, -0.05) is 6.42 Å². The minimum atomic E-state index is -0.376. The molecule has 0 bridgehead atoms. The highest BCUT2D eigenvalue weighted by Gasteiger charge is 2.20. The summed E-state index contributed by atoms with van der Waals surface area (Å²) in [7, 11) is 0. The number of rotatable bonds is 2. The van der Waals surface area contributed by atoms with Crippen LogP contribution in [0.2, 0.25) is 0 Å². The third-order valence-corrected chi connectivity index (χ3v) is 3.46. The van der Waals surface area contributed by atoms with Crippen LogP contribution in [0.5, 0.6) is 0 Å². The maximum atomic E-state index is 13.3. The third-order valence-electron chi connectivity index (χ3n) is 2.81. The summed E-state index contributed by atoms with van der Waals surface area (Å²) in [6, 6.07) is 4.41. The molecule has 0 radical (unpaired) electrons. The van der Waals surface area contributed by atoms with Gasteiger partial charge in [0.05, 0.1) is 10.5 Å². The van der Waals surface area contributed by atoms with Crippen molar-refractivity contribution in [2.24, 2.45) is 0 Å². The Morgan fingerprint density at radius 3 is 2.83 bits per heavy atom. The SMILES string of the molecule is Cl.O=C(Nc1ccc(Br)c(F)c1)[C@@H]1CCCCN1. The topological polar surface area (TPSA) is 41.1 Å². The number of hydrogen-bond acceptors (Lipinski definition) is 2. The van der Waals surface area contributed by atoms with Gasteiger partial charge in [0.15, 0.2) is 0 Å². The van der Waals surface area contributed by atoms with Gasteiger partial charge in [-0.3, -0.25) is 4.79 Å². The molecule has 1 aliphatic rings. The van der Waals surface area contributed by atoms with Gasteiger partial charge in [0, 0.05) is 5.69 Å². The Balaban J connectivity index is 0.00000162. The molecule has 0 spiro atoms. The van der Waals surface area contributed by atoms with E-state index >= 15 is 0 Å². The van der Waals surface area contributed by atoms with Crippen LogP contribution in [0.4, 0.5) is 10.1 Å². The van der Waals surface area contributed by atoms with E-state index in [1.807, 2.05) is 0 Å². The molecule has 1 aliphatic heterocycles. The molecule has 2 rings (SSSR count). The van der Waals surface area contributed by atoms with Crippen LogP contribution in [0.1, 0.15) is 19.3 Å². The van der Waals surface area contributed by atoms with Gasteiger partial charge >= 0.3 is 0 Å². The Morgan fingerprint density at radius 2 is 2.22 bits per heavy atom. The normalized spacial score (nSPS) is 18.9. The zero-order valence-corrected chi connectivity index (χ0v) is 12.1. The van der Waals surface area contributed by atoms with Crippen molar-refractivity contribution in [3.8, 4) is 0 Å². The molecule has 1 amide bonds. The fraction of sp³-hybridized carbons (Fsp3) is 0.417. The molecular weight excluding hydrogens is 323 g/mol. The first-order valence-electron chi connectivity index (χ1n) is 5.66. The molecule has 1 heterocycles. The molecule has 0 saturated carbocycles. The number of halogens is 3. The summed E-state index contributed by atoms with van der Waals surface area (Å²) in [5, 5.41) is 5.87. The molecule has 0 aliphatic carbocycles. The smallest absolute Gasteiger partial charge is 0.241 e. The zero-order valence-electron chi connectivity index (χ0n) is 9.71. The molecule has 100 valence electrons. The molecule has 1 atom stereocenters. The molecule has 2 N–H and O–H groups in total. The van der Waals surface area contributed by atoms with Gasteiger partial charge in [-0.2, -0.15) is 0 Å². The second-order valence-corrected chi connectivity index (χ2v) is 4.97. The van der Waals surface area contributed by atoms with Crippen molar-refractivity contribution in [3.63, 3.8) is 0 Å². The Hall–Kier alpha value is -0.650. The minimum absolute atomic E-state index is 0. The van der Waals surface area contributed by atoms with E-state index in [1.165, 1.54) is 6.07 Å². The van der Waals surface area contributed by atoms with Gasteiger partial charge in [-0.05, 0) is 53.5 Å². The van der Waals surface area contributed by atoms with Gasteiger partial charge in [0.25, 0.3) is 0 Å². The van der Waals surface area contributed by atoms with Crippen molar-refractivity contribution < 1.29 is 9.18 Å². The van der Waals surface area contributed by atoms with Gasteiger partial charge in [0.2, 0.25) is 5.91 Å². The van der Waals surface area contributed by atoms with Crippen LogP contribution in [0.25, 0.3) is 0 Å². The lowest BCUT2D eigenvalue weighted by Gasteiger charge is -2.22. The average molecular weight is 338 g/mol. The number of carbonyl (C=O) groups is 1. The van der Waals surface area contributed by atoms with Crippen molar-refractivity contribution in [3.05, 3.63) is 28.5 Å². The number of hydrogen-bond donors (Lipinski definition) is 2. The van der Waals surface area contributed by atoms with Crippen LogP contribution < -0.4 is 10.6 Å². The van der Waals surface area contributed by atoms with Crippen LogP contribution in [0, 0.1) is 5.82 Å². The molecule has 0 aromatic heterocycles. The van der Waals surface area contributed by atoms with E-state index in [0.717, 1.165) is 25.8 Å². The van der Waals surface area contributed by atoms with Gasteiger partial charge < -0.3 is 10.6 Å². The van der Waals surface area contributed by atoms with E-state index in [2.05, 4.69) is 26.6 Å². The molecule has 1 fully saturated rings. The molecule has 6 heteroatoms. The predicted molar refractivity (Wildman–Crippen MR) is 75.6 cm³/mol. The molecule has 0 unspecified atom stereocenters. The first-order chi connectivity index (χ1) is 8.16. The van der Waals surface area contributed by atoms with Gasteiger partial charge in [0.1, 0.15) is 5.82 Å². The van der Waals surface area contributed by atoms with Crippen molar-refractivity contribution in [2.45, 2.75) is 25.3 Å². The first kappa shape index (κ1) is 15.4. The number of carbonyl (C=O) groups excluding carboxylic acids is 1. The third kappa shape index (κ3) is 3.93. The second-order valence-electron chi connectivity index (χ2n) is 4.12. The number of nitrogens with one attached hydrogen (secondary N) is 2. The Bertz CT molecular complexity index is 425. The Morgan fingerprint density at radius 1 is 1.44 bits per heavy atom. The summed E-state index contributed by atoms with van der Waals surface area (Å²) < 4.78 is 13.7. The fourth-order valence-electron chi connectivity index (χ4n) is 1.88. The van der Waals surface area contributed by atoms with Crippen molar-refractivity contribution >= 4 is 39.9 Å². The molecule has 1 saturated heterocycles. The van der Waals surface area contributed by atoms with E-state index < -0.39 is 0 Å². The van der Waals surface area contributed by atoms with Crippen molar-refractivity contribution in [1.82, 2.24) is 5.32 Å². The standard InChI is InChI=1S/C12H14BrFN2O.ClH/c13-9-5-4-8(7-10(9)14)16-12(17)11-3-1-2-6-15-11;/h4-5,7,11,15H,1-3,6H2,(H,16,17);1H/t11-;/m0./s1. The van der Waals surface area contributed by atoms with Crippen LogP contribution in [0.15, 0.2) is 22.7 Å². The summed E-state index contributed by atoms with van der Waals surface area (Å²) in [6.07, 6.45) is 3.00.